The summed E-state index contributed by atoms with van der Waals surface area (Å²) in [4.78, 5) is 17.3. The summed E-state index contributed by atoms with van der Waals surface area (Å²) in [5.41, 5.74) is 1.42. The molecule has 0 atom stereocenters. The van der Waals surface area contributed by atoms with E-state index in [1.165, 1.54) is 16.2 Å². The van der Waals surface area contributed by atoms with Crippen LogP contribution in [0.4, 0.5) is 32.4 Å². The molecule has 3 rings (SSSR count). The van der Waals surface area contributed by atoms with Crippen LogP contribution in [0.25, 0.3) is 10.2 Å². The Kier molecular flexibility index (Phi) is 7.27. The number of rotatable bonds is 7. The van der Waals surface area contributed by atoms with E-state index in [1.807, 2.05) is 13.8 Å². The number of amides is 1. The zero-order chi connectivity index (χ0) is 24.4. The highest BCUT2D eigenvalue weighted by Crippen LogP contribution is 2.34. The molecule has 1 heterocycles. The molecule has 1 aromatic heterocycles. The van der Waals surface area contributed by atoms with Gasteiger partial charge in [-0.25, -0.2) is 4.79 Å². The second-order valence-electron chi connectivity index (χ2n) is 7.57. The summed E-state index contributed by atoms with van der Waals surface area (Å²) in [6, 6.07) is 9.65. The number of aromatic nitrogens is 1. The fourth-order valence-corrected chi connectivity index (χ4v) is 4.07. The summed E-state index contributed by atoms with van der Waals surface area (Å²) in [5, 5.41) is 0. The lowest BCUT2D eigenvalue weighted by Gasteiger charge is -2.24. The van der Waals surface area contributed by atoms with Gasteiger partial charge in [0.25, 0.3) is 0 Å². The van der Waals surface area contributed by atoms with Crippen molar-refractivity contribution in [2.24, 2.45) is 5.92 Å². The topological polar surface area (TPSA) is 54.6 Å². The number of halogens is 5. The first-order valence-electron chi connectivity index (χ1n) is 9.67. The van der Waals surface area contributed by atoms with Crippen LogP contribution in [0.1, 0.15) is 20.3 Å². The molecule has 0 unspecified atom stereocenters. The van der Waals surface area contributed by atoms with Crippen molar-refractivity contribution in [3.05, 3.63) is 46.4 Å². The van der Waals surface area contributed by atoms with Crippen LogP contribution in [-0.4, -0.2) is 29.9 Å². The number of H-pyrrole nitrogens is 1. The predicted octanol–water partition coefficient (Wildman–Crippen LogP) is 7.54. The summed E-state index contributed by atoms with van der Waals surface area (Å²) in [6.45, 7) is 4.18. The molecule has 33 heavy (non-hydrogen) atoms. The van der Waals surface area contributed by atoms with Crippen molar-refractivity contribution < 1.29 is 36.2 Å². The predicted molar refractivity (Wildman–Crippen MR) is 118 cm³/mol. The summed E-state index contributed by atoms with van der Waals surface area (Å²) >= 11 is 6.51. The highest BCUT2D eigenvalue weighted by atomic mass is 32.1. The second kappa shape index (κ2) is 9.64. The van der Waals surface area contributed by atoms with E-state index in [9.17, 15) is 26.7 Å². The maximum Gasteiger partial charge on any atom is 0.419 e. The molecule has 0 bridgehead atoms. The van der Waals surface area contributed by atoms with Crippen LogP contribution in [-0.2, 0) is 0 Å². The third kappa shape index (κ3) is 7.13. The van der Waals surface area contributed by atoms with E-state index < -0.39 is 30.5 Å². The van der Waals surface area contributed by atoms with E-state index in [0.29, 0.717) is 16.2 Å². The van der Waals surface area contributed by atoms with E-state index in [4.69, 9.17) is 17.0 Å². The average molecular weight is 507 g/mol. The van der Waals surface area contributed by atoms with Crippen molar-refractivity contribution in [3.8, 4) is 11.5 Å². The third-order valence-corrected chi connectivity index (χ3v) is 5.38. The molecule has 178 valence electrons. The molecular formula is C21H19F5N2O3S2. The number of carbonyl (C=O) groups excluding carboxylic acids is 1. The van der Waals surface area contributed by atoms with Gasteiger partial charge in [-0.2, -0.15) is 22.0 Å². The number of fused-ring (bicyclic) bond motifs is 1. The van der Waals surface area contributed by atoms with Crippen LogP contribution in [0.2, 0.25) is 0 Å². The monoisotopic (exact) mass is 506 g/mol. The highest BCUT2D eigenvalue weighted by Gasteiger charge is 2.45. The van der Waals surface area contributed by atoms with Crippen molar-refractivity contribution in [1.82, 2.24) is 4.98 Å². The first kappa shape index (κ1) is 24.9. The Hall–Kier alpha value is -2.73. The van der Waals surface area contributed by atoms with Crippen molar-refractivity contribution in [2.75, 3.05) is 11.4 Å². The van der Waals surface area contributed by atoms with Crippen LogP contribution in [0.5, 0.6) is 11.5 Å². The van der Waals surface area contributed by atoms with Gasteiger partial charge in [0.15, 0.2) is 3.95 Å². The van der Waals surface area contributed by atoms with Crippen molar-refractivity contribution in [1.29, 1.82) is 0 Å². The molecule has 12 heteroatoms. The molecular weight excluding hydrogens is 487 g/mol. The van der Waals surface area contributed by atoms with Crippen molar-refractivity contribution in [3.63, 3.8) is 0 Å². The zero-order valence-corrected chi connectivity index (χ0v) is 19.0. The van der Waals surface area contributed by atoms with Gasteiger partial charge < -0.3 is 14.5 Å². The summed E-state index contributed by atoms with van der Waals surface area (Å²) in [7, 11) is 0. The Morgan fingerprint density at radius 2 is 1.73 bits per heavy atom. The minimum atomic E-state index is -5.09. The smallest absolute Gasteiger partial charge is 0.419 e. The van der Waals surface area contributed by atoms with Gasteiger partial charge in [-0.15, -0.1) is 11.3 Å². The zero-order valence-electron chi connectivity index (χ0n) is 17.4. The SMILES string of the molecule is CC(C)CN(C(=O)Oc1ccc(OC(F)(F)CC(F)(F)F)cc1)c1ccc2[nH]c(=S)sc2c1. The molecule has 0 radical (unpaired) electrons. The van der Waals surface area contributed by atoms with E-state index in [-0.39, 0.29) is 11.7 Å². The number of anilines is 1. The summed E-state index contributed by atoms with van der Waals surface area (Å²) in [6.07, 6.45) is -12.6. The number of aromatic amines is 1. The van der Waals surface area contributed by atoms with Gasteiger partial charge in [0.05, 0.1) is 10.2 Å². The number of hydrogen-bond acceptors (Lipinski definition) is 5. The minimum Gasteiger partial charge on any atom is -0.432 e. The fraction of sp³-hybridized carbons (Fsp3) is 0.333. The van der Waals surface area contributed by atoms with Crippen molar-refractivity contribution >= 4 is 45.6 Å². The molecule has 0 aliphatic carbocycles. The Morgan fingerprint density at radius 1 is 1.09 bits per heavy atom. The first-order valence-corrected chi connectivity index (χ1v) is 10.9. The van der Waals surface area contributed by atoms with Crippen LogP contribution in [0.3, 0.4) is 0 Å². The first-order chi connectivity index (χ1) is 15.3. The number of thiazole rings is 1. The standard InChI is InChI=1S/C21H19F5N2O3S2/c1-12(2)10-28(13-3-8-16-17(9-13)33-18(32)27-16)19(29)30-14-4-6-15(7-5-14)31-21(25,26)11-20(22,23)24/h3-9,12H,10-11H2,1-2H3,(H,27,32). The van der Waals surface area contributed by atoms with Gasteiger partial charge in [-0.1, -0.05) is 13.8 Å². The average Bonchev–Trinajstić information content (AvgIpc) is 3.04. The minimum absolute atomic E-state index is 0.0126. The molecule has 5 nitrogen and oxygen atoms in total. The van der Waals surface area contributed by atoms with Gasteiger partial charge in [-0.3, -0.25) is 4.90 Å². The lowest BCUT2D eigenvalue weighted by Crippen LogP contribution is -2.36. The molecule has 0 aliphatic rings. The molecule has 0 saturated heterocycles. The number of carbonyl (C=O) groups is 1. The van der Waals surface area contributed by atoms with Crippen LogP contribution in [0.15, 0.2) is 42.5 Å². The van der Waals surface area contributed by atoms with Gasteiger partial charge in [0, 0.05) is 12.2 Å². The van der Waals surface area contributed by atoms with E-state index in [2.05, 4.69) is 9.72 Å². The fourth-order valence-electron chi connectivity index (χ4n) is 2.93. The second-order valence-corrected chi connectivity index (χ2v) is 9.29. The maximum absolute atomic E-state index is 13.4. The maximum atomic E-state index is 13.4. The number of hydrogen-bond donors (Lipinski definition) is 1. The van der Waals surface area contributed by atoms with Gasteiger partial charge in [0.2, 0.25) is 0 Å². The van der Waals surface area contributed by atoms with E-state index in [1.54, 1.807) is 18.2 Å². The Balaban J connectivity index is 1.74. The molecule has 2 aromatic carbocycles. The molecule has 3 aromatic rings. The third-order valence-electron chi connectivity index (χ3n) is 4.19. The molecule has 0 fully saturated rings. The Morgan fingerprint density at radius 3 is 2.33 bits per heavy atom. The van der Waals surface area contributed by atoms with Gasteiger partial charge >= 0.3 is 18.4 Å². The Bertz CT molecular complexity index is 1170. The molecule has 1 amide bonds. The number of nitrogens with one attached hydrogen (secondary N) is 1. The number of ether oxygens (including phenoxy) is 2. The quantitative estimate of drug-likeness (QED) is 0.266. The molecule has 0 aliphatic heterocycles. The number of nitrogens with zero attached hydrogens (tertiary/aromatic N) is 1. The highest BCUT2D eigenvalue weighted by molar-refractivity contribution is 7.73. The summed E-state index contributed by atoms with van der Waals surface area (Å²) < 4.78 is 74.4. The van der Waals surface area contributed by atoms with Gasteiger partial charge in [-0.05, 0) is 60.6 Å². The molecule has 1 N–H and O–H groups in total. The normalized spacial score (nSPS) is 12.2. The van der Waals surface area contributed by atoms with E-state index in [0.717, 1.165) is 34.5 Å². The van der Waals surface area contributed by atoms with Crippen LogP contribution < -0.4 is 14.4 Å². The van der Waals surface area contributed by atoms with Crippen molar-refractivity contribution in [2.45, 2.75) is 32.6 Å². The summed E-state index contributed by atoms with van der Waals surface area (Å²) in [5.74, 6) is -0.384. The van der Waals surface area contributed by atoms with Crippen LogP contribution >= 0.6 is 23.6 Å². The Labute approximate surface area is 194 Å². The van der Waals surface area contributed by atoms with E-state index >= 15 is 0 Å². The number of benzene rings is 2. The van der Waals surface area contributed by atoms with Crippen LogP contribution in [0, 0.1) is 9.87 Å². The van der Waals surface area contributed by atoms with Gasteiger partial charge in [0.1, 0.15) is 17.9 Å². The lowest BCUT2D eigenvalue weighted by molar-refractivity contribution is -0.255. The largest absolute Gasteiger partial charge is 0.432 e. The molecule has 0 spiro atoms. The lowest BCUT2D eigenvalue weighted by atomic mass is 10.2. The number of alkyl halides is 5. The molecule has 0 saturated carbocycles.